The summed E-state index contributed by atoms with van der Waals surface area (Å²) in [6.45, 7) is 0.353. The zero-order chi connectivity index (χ0) is 21.6. The number of halogens is 1. The second kappa shape index (κ2) is 10.3. The van der Waals surface area contributed by atoms with Crippen LogP contribution in [0.15, 0.2) is 82.6 Å². The van der Waals surface area contributed by atoms with Crippen LogP contribution in [0.1, 0.15) is 16.6 Å². The van der Waals surface area contributed by atoms with Crippen molar-refractivity contribution < 1.29 is 9.84 Å². The van der Waals surface area contributed by atoms with E-state index in [-0.39, 0.29) is 6.61 Å². The van der Waals surface area contributed by atoms with Gasteiger partial charge in [0.15, 0.2) is 0 Å². The van der Waals surface area contributed by atoms with Gasteiger partial charge < -0.3 is 15.6 Å². The number of nitrogens with two attached hydrogens (primary N) is 1. The normalized spacial score (nSPS) is 12.0. The Labute approximate surface area is 193 Å². The lowest BCUT2D eigenvalue weighted by Crippen LogP contribution is -2.13. The first-order valence-electron chi connectivity index (χ1n) is 9.57. The van der Waals surface area contributed by atoms with E-state index < -0.39 is 6.04 Å². The highest BCUT2D eigenvalue weighted by Crippen LogP contribution is 2.37. The minimum atomic E-state index is -0.531. The second-order valence-corrected chi connectivity index (χ2v) is 9.29. The van der Waals surface area contributed by atoms with Gasteiger partial charge in [0, 0.05) is 15.4 Å². The first-order chi connectivity index (χ1) is 15.1. The highest BCUT2D eigenvalue weighted by atomic mass is 35.5. The summed E-state index contributed by atoms with van der Waals surface area (Å²) in [4.78, 5) is 2.06. The summed E-state index contributed by atoms with van der Waals surface area (Å²) in [6, 6.07) is 23.4. The maximum atomic E-state index is 9.19. The zero-order valence-electron chi connectivity index (χ0n) is 16.4. The van der Waals surface area contributed by atoms with E-state index in [0.717, 1.165) is 26.7 Å². The molecule has 0 saturated carbocycles. The van der Waals surface area contributed by atoms with Crippen molar-refractivity contribution in [3.63, 3.8) is 0 Å². The number of rotatable bonds is 8. The molecule has 0 unspecified atom stereocenters. The highest BCUT2D eigenvalue weighted by molar-refractivity contribution is 7.99. The number of aromatic nitrogens is 2. The Hall–Kier alpha value is -2.42. The van der Waals surface area contributed by atoms with E-state index >= 15 is 0 Å². The number of benzene rings is 3. The van der Waals surface area contributed by atoms with Crippen molar-refractivity contribution in [2.45, 2.75) is 22.4 Å². The molecule has 0 spiro atoms. The molecule has 1 aromatic heterocycles. The predicted molar refractivity (Wildman–Crippen MR) is 126 cm³/mol. The van der Waals surface area contributed by atoms with E-state index in [1.54, 1.807) is 11.8 Å². The quantitative estimate of drug-likeness (QED) is 0.350. The third-order valence-electron chi connectivity index (χ3n) is 4.42. The zero-order valence-corrected chi connectivity index (χ0v) is 18.8. The molecule has 8 heteroatoms. The lowest BCUT2D eigenvalue weighted by atomic mass is 10.2. The van der Waals surface area contributed by atoms with Crippen LogP contribution in [0.5, 0.6) is 5.75 Å². The van der Waals surface area contributed by atoms with Crippen molar-refractivity contribution in [1.82, 2.24) is 10.2 Å². The summed E-state index contributed by atoms with van der Waals surface area (Å²) in [5.41, 5.74) is 7.73. The number of hydrogen-bond acceptors (Lipinski definition) is 7. The van der Waals surface area contributed by atoms with Crippen LogP contribution in [0, 0.1) is 0 Å². The Bertz CT molecular complexity index is 1150. The third-order valence-corrected chi connectivity index (χ3v) is 6.80. The van der Waals surface area contributed by atoms with Crippen LogP contribution in [-0.4, -0.2) is 21.9 Å². The summed E-state index contributed by atoms with van der Waals surface area (Å²) in [7, 11) is 0. The Kier molecular flexibility index (Phi) is 7.21. The van der Waals surface area contributed by atoms with Gasteiger partial charge in [0.1, 0.15) is 22.4 Å². The van der Waals surface area contributed by atoms with Crippen molar-refractivity contribution in [3.8, 4) is 16.3 Å². The van der Waals surface area contributed by atoms with Crippen LogP contribution in [0.3, 0.4) is 0 Å². The number of aliphatic hydroxyl groups excluding tert-OH is 1. The number of ether oxygens (including phenoxy) is 1. The molecule has 0 aliphatic rings. The van der Waals surface area contributed by atoms with E-state index in [2.05, 4.69) is 10.2 Å². The molecule has 0 saturated heterocycles. The van der Waals surface area contributed by atoms with E-state index in [1.807, 2.05) is 72.8 Å². The van der Waals surface area contributed by atoms with Crippen molar-refractivity contribution >= 4 is 34.7 Å². The van der Waals surface area contributed by atoms with Crippen LogP contribution in [-0.2, 0) is 6.61 Å². The predicted octanol–water partition coefficient (Wildman–Crippen LogP) is 5.58. The molecule has 4 rings (SSSR count). The third kappa shape index (κ3) is 5.64. The summed E-state index contributed by atoms with van der Waals surface area (Å²) in [5, 5.41) is 19.2. The Morgan fingerprint density at radius 2 is 1.81 bits per heavy atom. The van der Waals surface area contributed by atoms with E-state index in [0.29, 0.717) is 21.6 Å². The highest BCUT2D eigenvalue weighted by Gasteiger charge is 2.15. The molecule has 5 nitrogen and oxygen atoms in total. The standard InChI is InChI=1S/C23H20ClN3O2S2/c24-20-12-18(9-10-19(20)22-26-27-23(31-22)21(25)13-28)30-17-8-4-7-16(11-17)29-14-15-5-2-1-3-6-15/h1-12,21,28H,13-14,25H2/t21-/m0/s1. The number of hydrogen-bond donors (Lipinski definition) is 2. The molecule has 1 heterocycles. The summed E-state index contributed by atoms with van der Waals surface area (Å²) < 4.78 is 5.92. The van der Waals surface area contributed by atoms with E-state index in [4.69, 9.17) is 22.1 Å². The molecule has 158 valence electrons. The van der Waals surface area contributed by atoms with Crippen molar-refractivity contribution in [2.24, 2.45) is 5.73 Å². The van der Waals surface area contributed by atoms with Crippen molar-refractivity contribution in [3.05, 3.63) is 88.4 Å². The molecule has 3 aromatic carbocycles. The number of nitrogens with zero attached hydrogens (tertiary/aromatic N) is 2. The van der Waals surface area contributed by atoms with Crippen LogP contribution in [0.25, 0.3) is 10.6 Å². The Balaban J connectivity index is 1.45. The topological polar surface area (TPSA) is 81.3 Å². The van der Waals surface area contributed by atoms with Gasteiger partial charge in [-0.25, -0.2) is 0 Å². The maximum Gasteiger partial charge on any atom is 0.149 e. The van der Waals surface area contributed by atoms with E-state index in [1.165, 1.54) is 11.3 Å². The van der Waals surface area contributed by atoms with E-state index in [9.17, 15) is 5.11 Å². The first kappa shape index (κ1) is 21.8. The second-order valence-electron chi connectivity index (χ2n) is 6.73. The lowest BCUT2D eigenvalue weighted by Gasteiger charge is -2.09. The molecule has 0 aliphatic carbocycles. The van der Waals surface area contributed by atoms with Crippen molar-refractivity contribution in [2.75, 3.05) is 6.61 Å². The van der Waals surface area contributed by atoms with Gasteiger partial charge in [-0.3, -0.25) is 0 Å². The molecule has 0 amide bonds. The van der Waals surface area contributed by atoms with Gasteiger partial charge in [0.25, 0.3) is 0 Å². The van der Waals surface area contributed by atoms with Gasteiger partial charge in [-0.05, 0) is 42.0 Å². The lowest BCUT2D eigenvalue weighted by molar-refractivity contribution is 0.267. The molecule has 1 atom stereocenters. The average Bonchev–Trinajstić information content (AvgIpc) is 3.28. The van der Waals surface area contributed by atoms with Gasteiger partial charge >= 0.3 is 0 Å². The molecule has 0 bridgehead atoms. The summed E-state index contributed by atoms with van der Waals surface area (Å²) >= 11 is 9.46. The largest absolute Gasteiger partial charge is 0.489 e. The monoisotopic (exact) mass is 469 g/mol. The van der Waals surface area contributed by atoms with Crippen LogP contribution >= 0.6 is 34.7 Å². The molecular weight excluding hydrogens is 450 g/mol. The van der Waals surface area contributed by atoms with Gasteiger partial charge in [-0.2, -0.15) is 0 Å². The first-order valence-corrected chi connectivity index (χ1v) is 11.6. The molecule has 0 aliphatic heterocycles. The molecule has 4 aromatic rings. The van der Waals surface area contributed by atoms with Crippen LogP contribution in [0.2, 0.25) is 5.02 Å². The van der Waals surface area contributed by atoms with Crippen LogP contribution < -0.4 is 10.5 Å². The summed E-state index contributed by atoms with van der Waals surface area (Å²) in [5.74, 6) is 0.818. The molecule has 31 heavy (non-hydrogen) atoms. The Morgan fingerprint density at radius 3 is 2.58 bits per heavy atom. The maximum absolute atomic E-state index is 9.19. The molecule has 0 radical (unpaired) electrons. The van der Waals surface area contributed by atoms with Gasteiger partial charge in [0.2, 0.25) is 0 Å². The minimum Gasteiger partial charge on any atom is -0.489 e. The molecular formula is C23H20ClN3O2S2. The fraction of sp³-hybridized carbons (Fsp3) is 0.130. The summed E-state index contributed by atoms with van der Waals surface area (Å²) in [6.07, 6.45) is 0. The average molecular weight is 470 g/mol. The fourth-order valence-electron chi connectivity index (χ4n) is 2.81. The van der Waals surface area contributed by atoms with Gasteiger partial charge in [-0.1, -0.05) is 71.1 Å². The Morgan fingerprint density at radius 1 is 1.00 bits per heavy atom. The number of aliphatic hydroxyl groups is 1. The minimum absolute atomic E-state index is 0.175. The van der Waals surface area contributed by atoms with Crippen molar-refractivity contribution in [1.29, 1.82) is 0 Å². The fourth-order valence-corrected chi connectivity index (χ4v) is 4.98. The van der Waals surface area contributed by atoms with Gasteiger partial charge in [-0.15, -0.1) is 10.2 Å². The molecule has 0 fully saturated rings. The molecule has 3 N–H and O–H groups in total. The smallest absolute Gasteiger partial charge is 0.149 e. The van der Waals surface area contributed by atoms with Gasteiger partial charge in [0.05, 0.1) is 17.7 Å². The SMILES string of the molecule is N[C@@H](CO)c1nnc(-c2ccc(Sc3cccc(OCc4ccccc4)c3)cc2Cl)s1. The van der Waals surface area contributed by atoms with Crippen LogP contribution in [0.4, 0.5) is 0 Å².